The van der Waals surface area contributed by atoms with E-state index < -0.39 is 18.0 Å². The Morgan fingerprint density at radius 1 is 1.02 bits per heavy atom. The van der Waals surface area contributed by atoms with Crippen molar-refractivity contribution in [1.82, 2.24) is 4.90 Å². The first-order chi connectivity index (χ1) is 24.6. The van der Waals surface area contributed by atoms with Gasteiger partial charge in [-0.3, -0.25) is 15.0 Å². The molecule has 4 aromatic rings. The first kappa shape index (κ1) is 35.8. The van der Waals surface area contributed by atoms with Gasteiger partial charge in [-0.1, -0.05) is 47.5 Å². The van der Waals surface area contributed by atoms with Crippen molar-refractivity contribution in [2.45, 2.75) is 37.8 Å². The number of ether oxygens (including phenoxy) is 3. The van der Waals surface area contributed by atoms with E-state index in [0.29, 0.717) is 51.5 Å². The second-order valence-corrected chi connectivity index (χ2v) is 13.5. The number of aromatic nitrogens is 1. The molecule has 11 nitrogen and oxygen atoms in total. The van der Waals surface area contributed by atoms with Crippen molar-refractivity contribution in [3.8, 4) is 17.6 Å². The van der Waals surface area contributed by atoms with Crippen LogP contribution in [0.25, 0.3) is 0 Å². The van der Waals surface area contributed by atoms with Gasteiger partial charge in [-0.2, -0.15) is 5.26 Å². The SMILES string of the molecule is COc1ccc([C@H](Cc2c(Cl)c[n+](O)cc2Cl)c2c(CN(C(=O)O[C@H]3CN4CCC3CC4)c3cccc(C#N)c3)cccc2C(=O)O)cc1OC. The molecule has 2 atom stereocenters. The molecule has 4 heterocycles. The van der Waals surface area contributed by atoms with Crippen LogP contribution in [0.2, 0.25) is 10.0 Å². The summed E-state index contributed by atoms with van der Waals surface area (Å²) in [7, 11) is 3.03. The lowest BCUT2D eigenvalue weighted by atomic mass is 9.80. The van der Waals surface area contributed by atoms with E-state index in [1.807, 2.05) is 0 Å². The number of pyridine rings is 1. The van der Waals surface area contributed by atoms with E-state index in [1.165, 1.54) is 37.6 Å². The van der Waals surface area contributed by atoms with E-state index in [0.717, 1.165) is 30.7 Å². The minimum absolute atomic E-state index is 0.00386. The van der Waals surface area contributed by atoms with E-state index in [4.69, 9.17) is 37.4 Å². The second-order valence-electron chi connectivity index (χ2n) is 12.7. The molecule has 3 aliphatic rings. The average molecular weight is 733 g/mol. The average Bonchev–Trinajstić information content (AvgIpc) is 3.13. The monoisotopic (exact) mass is 731 g/mol. The smallest absolute Gasteiger partial charge is 0.414 e. The topological polar surface area (TPSA) is 136 Å². The molecular weight excluding hydrogens is 695 g/mol. The summed E-state index contributed by atoms with van der Waals surface area (Å²) in [5.41, 5.74) is 2.83. The van der Waals surface area contributed by atoms with Crippen LogP contribution in [-0.2, 0) is 17.7 Å². The molecule has 0 unspecified atom stereocenters. The van der Waals surface area contributed by atoms with Crippen LogP contribution in [0.1, 0.15) is 56.9 Å². The van der Waals surface area contributed by atoms with Crippen LogP contribution in [0.15, 0.2) is 73.1 Å². The van der Waals surface area contributed by atoms with Crippen molar-refractivity contribution in [2.24, 2.45) is 5.92 Å². The Bertz CT molecular complexity index is 1970. The Balaban J connectivity index is 1.50. The third kappa shape index (κ3) is 7.69. The number of hydrogen-bond donors (Lipinski definition) is 2. The second kappa shape index (κ2) is 15.5. The number of hydrogen-bond acceptors (Lipinski definition) is 8. The number of carboxylic acid groups (broad SMARTS) is 1. The molecule has 2 bridgehead atoms. The number of rotatable bonds is 11. The van der Waals surface area contributed by atoms with Gasteiger partial charge < -0.3 is 19.3 Å². The highest BCUT2D eigenvalue weighted by atomic mass is 35.5. The lowest BCUT2D eigenvalue weighted by molar-refractivity contribution is -0.904. The lowest BCUT2D eigenvalue weighted by Crippen LogP contribution is -2.53. The molecule has 1 amide bonds. The summed E-state index contributed by atoms with van der Waals surface area (Å²) in [6, 6.07) is 19.0. The zero-order valence-electron chi connectivity index (χ0n) is 28.1. The van der Waals surface area contributed by atoms with Gasteiger partial charge in [-0.25, -0.2) is 9.59 Å². The van der Waals surface area contributed by atoms with Crippen LogP contribution < -0.4 is 19.1 Å². The number of nitrogens with zero attached hydrogens (tertiary/aromatic N) is 4. The normalized spacial score (nSPS) is 18.4. The standard InChI is InChI=1S/C38H36Cl2N4O7/c1-49-33-10-9-25(16-34(33)50-2)29(17-30-31(39)20-43(48)21-32(30)40)36-26(6-4-8-28(36)37(45)46)19-44(27-7-3-5-23(15-27)18-41)38(47)51-35-22-42-13-11-24(35)12-14-42/h3-10,15-16,20-21,24,29,35H,11-14,17,19,22H2,1-2H3,(H-,45,46,48)/p+1/t29-,35-/m0/s1. The van der Waals surface area contributed by atoms with Crippen LogP contribution >= 0.6 is 23.2 Å². The maximum absolute atomic E-state index is 14.2. The van der Waals surface area contributed by atoms with Gasteiger partial charge in [0.1, 0.15) is 16.1 Å². The maximum Gasteiger partial charge on any atom is 0.414 e. The number of aromatic carboxylic acids is 1. The Morgan fingerprint density at radius 3 is 2.35 bits per heavy atom. The number of piperidine rings is 3. The number of anilines is 1. The number of carboxylic acids is 1. The third-order valence-electron chi connectivity index (χ3n) is 9.75. The molecular formula is C38H37Cl2N4O7+. The highest BCUT2D eigenvalue weighted by molar-refractivity contribution is 6.35. The maximum atomic E-state index is 14.2. The Morgan fingerprint density at radius 2 is 1.73 bits per heavy atom. The summed E-state index contributed by atoms with van der Waals surface area (Å²) in [6.45, 7) is 2.52. The van der Waals surface area contributed by atoms with Gasteiger partial charge in [-0.15, -0.1) is 0 Å². The van der Waals surface area contributed by atoms with E-state index in [2.05, 4.69) is 11.0 Å². The third-order valence-corrected chi connectivity index (χ3v) is 10.4. The van der Waals surface area contributed by atoms with Gasteiger partial charge in [0.25, 0.3) is 0 Å². The predicted octanol–water partition coefficient (Wildman–Crippen LogP) is 6.72. The van der Waals surface area contributed by atoms with Crippen molar-refractivity contribution >= 4 is 41.0 Å². The molecule has 2 N–H and O–H groups in total. The molecule has 51 heavy (non-hydrogen) atoms. The summed E-state index contributed by atoms with van der Waals surface area (Å²) in [5, 5.41) is 30.7. The van der Waals surface area contributed by atoms with Crippen LogP contribution in [0.4, 0.5) is 10.5 Å². The zero-order chi connectivity index (χ0) is 36.2. The largest absolute Gasteiger partial charge is 0.493 e. The van der Waals surface area contributed by atoms with E-state index in [9.17, 15) is 25.2 Å². The van der Waals surface area contributed by atoms with Gasteiger partial charge in [0.2, 0.25) is 12.4 Å². The number of carbonyl (C=O) groups excluding carboxylic acids is 1. The van der Waals surface area contributed by atoms with Crippen molar-refractivity contribution < 1.29 is 38.8 Å². The zero-order valence-corrected chi connectivity index (χ0v) is 29.6. The summed E-state index contributed by atoms with van der Waals surface area (Å²) in [5.74, 6) is -0.734. The fraction of sp³-hybridized carbons (Fsp3) is 0.316. The van der Waals surface area contributed by atoms with Gasteiger partial charge in [-0.05, 0) is 91.4 Å². The molecule has 3 saturated heterocycles. The fourth-order valence-corrected chi connectivity index (χ4v) is 7.76. The summed E-state index contributed by atoms with van der Waals surface area (Å²) in [4.78, 5) is 31.0. The van der Waals surface area contributed by atoms with Crippen molar-refractivity contribution in [3.05, 3.63) is 116 Å². The fourth-order valence-electron chi connectivity index (χ4n) is 7.16. The Kier molecular flexibility index (Phi) is 10.9. The number of amides is 1. The van der Waals surface area contributed by atoms with E-state index >= 15 is 0 Å². The molecule has 0 spiro atoms. The van der Waals surface area contributed by atoms with Crippen LogP contribution in [0, 0.1) is 17.2 Å². The molecule has 0 saturated carbocycles. The van der Waals surface area contributed by atoms with Crippen molar-refractivity contribution in [2.75, 3.05) is 38.8 Å². The number of benzene rings is 3. The first-order valence-electron chi connectivity index (χ1n) is 16.5. The van der Waals surface area contributed by atoms with Crippen LogP contribution in [0.5, 0.6) is 11.5 Å². The van der Waals surface area contributed by atoms with Crippen molar-refractivity contribution in [3.63, 3.8) is 0 Å². The number of halogens is 2. The molecule has 13 heteroatoms. The highest BCUT2D eigenvalue weighted by Gasteiger charge is 2.38. The van der Waals surface area contributed by atoms with E-state index in [-0.39, 0.29) is 40.6 Å². The molecule has 7 rings (SSSR count). The van der Waals surface area contributed by atoms with Gasteiger partial charge in [0.15, 0.2) is 11.5 Å². The lowest BCUT2D eigenvalue weighted by Gasteiger charge is -2.44. The molecule has 3 aromatic carbocycles. The van der Waals surface area contributed by atoms with Gasteiger partial charge in [0, 0.05) is 28.4 Å². The molecule has 3 aliphatic heterocycles. The molecule has 264 valence electrons. The predicted molar refractivity (Wildman–Crippen MR) is 189 cm³/mol. The summed E-state index contributed by atoms with van der Waals surface area (Å²) < 4.78 is 18.1. The number of carbonyl (C=O) groups is 2. The molecule has 1 aromatic heterocycles. The highest BCUT2D eigenvalue weighted by Crippen LogP contribution is 2.41. The number of methoxy groups -OCH3 is 2. The minimum Gasteiger partial charge on any atom is -0.493 e. The Hall–Kier alpha value is -5.02. The van der Waals surface area contributed by atoms with E-state index in [1.54, 1.807) is 54.6 Å². The quantitative estimate of drug-likeness (QED) is 0.127. The summed E-state index contributed by atoms with van der Waals surface area (Å²) in [6.07, 6.45) is 3.71. The van der Waals surface area contributed by atoms with Crippen LogP contribution in [-0.4, -0.2) is 67.2 Å². The van der Waals surface area contributed by atoms with Crippen molar-refractivity contribution in [1.29, 1.82) is 5.26 Å². The van der Waals surface area contributed by atoms with Crippen LogP contribution in [0.3, 0.4) is 0 Å². The molecule has 0 radical (unpaired) electrons. The molecule has 0 aliphatic carbocycles. The van der Waals surface area contributed by atoms with Gasteiger partial charge >= 0.3 is 12.1 Å². The molecule has 3 fully saturated rings. The number of nitriles is 1. The minimum atomic E-state index is -1.18. The summed E-state index contributed by atoms with van der Waals surface area (Å²) >= 11 is 13.3. The van der Waals surface area contributed by atoms with Gasteiger partial charge in [0.05, 0.1) is 38.0 Å². The first-order valence-corrected chi connectivity index (χ1v) is 17.2. The Labute approximate surface area is 305 Å². The number of fused-ring (bicyclic) bond motifs is 3.